The van der Waals surface area contributed by atoms with Crippen LogP contribution in [0.1, 0.15) is 27.7 Å². The molecule has 1 rings (SSSR count). The minimum atomic E-state index is -0.0108. The minimum absolute atomic E-state index is 0.0108. The van der Waals surface area contributed by atoms with Gasteiger partial charge in [-0.25, -0.2) is 0 Å². The monoisotopic (exact) mass is 227 g/mol. The predicted molar refractivity (Wildman–Crippen MR) is 66.3 cm³/mol. The zero-order valence-electron chi connectivity index (χ0n) is 10.9. The van der Waals surface area contributed by atoms with E-state index in [1.54, 1.807) is 0 Å². The summed E-state index contributed by atoms with van der Waals surface area (Å²) >= 11 is 0. The molecule has 94 valence electrons. The van der Waals surface area contributed by atoms with Crippen LogP contribution in [0, 0.1) is 5.92 Å². The van der Waals surface area contributed by atoms with Gasteiger partial charge in [-0.1, -0.05) is 13.8 Å². The summed E-state index contributed by atoms with van der Waals surface area (Å²) in [4.78, 5) is 14.2. The molecule has 0 aromatic carbocycles. The Hall–Kier alpha value is -0.610. The van der Waals surface area contributed by atoms with E-state index in [9.17, 15) is 4.79 Å². The number of hydrogen-bond donors (Lipinski definition) is 2. The molecule has 0 spiro atoms. The van der Waals surface area contributed by atoms with Gasteiger partial charge in [-0.15, -0.1) is 0 Å². The summed E-state index contributed by atoms with van der Waals surface area (Å²) in [6, 6.07) is 0.237. The molecule has 0 aliphatic carbocycles. The predicted octanol–water partition coefficient (Wildman–Crippen LogP) is 0.441. The quantitative estimate of drug-likeness (QED) is 0.732. The SMILES string of the molecule is CC(C)C(C)NC(=O)C(C)N1CCNCC1. The Balaban J connectivity index is 2.40. The van der Waals surface area contributed by atoms with Gasteiger partial charge < -0.3 is 10.6 Å². The van der Waals surface area contributed by atoms with Crippen molar-refractivity contribution >= 4 is 5.91 Å². The number of amides is 1. The number of hydrogen-bond acceptors (Lipinski definition) is 3. The van der Waals surface area contributed by atoms with Crippen LogP contribution in [0.5, 0.6) is 0 Å². The smallest absolute Gasteiger partial charge is 0.237 e. The van der Waals surface area contributed by atoms with Crippen molar-refractivity contribution in [3.63, 3.8) is 0 Å². The van der Waals surface area contributed by atoms with Crippen molar-refractivity contribution < 1.29 is 4.79 Å². The lowest BCUT2D eigenvalue weighted by Gasteiger charge is -2.32. The molecule has 1 aliphatic rings. The third-order valence-corrected chi connectivity index (χ3v) is 3.45. The molecule has 0 aromatic heterocycles. The molecule has 0 radical (unpaired) electrons. The van der Waals surface area contributed by atoms with Gasteiger partial charge in [0.15, 0.2) is 0 Å². The van der Waals surface area contributed by atoms with Gasteiger partial charge in [-0.2, -0.15) is 0 Å². The van der Waals surface area contributed by atoms with Crippen molar-refractivity contribution in [3.8, 4) is 0 Å². The fourth-order valence-electron chi connectivity index (χ4n) is 1.75. The van der Waals surface area contributed by atoms with E-state index in [4.69, 9.17) is 0 Å². The van der Waals surface area contributed by atoms with Gasteiger partial charge in [0.1, 0.15) is 0 Å². The third kappa shape index (κ3) is 3.76. The molecule has 1 fully saturated rings. The Kier molecular flexibility index (Phi) is 5.22. The van der Waals surface area contributed by atoms with E-state index in [0.717, 1.165) is 26.2 Å². The van der Waals surface area contributed by atoms with Crippen molar-refractivity contribution in [2.75, 3.05) is 26.2 Å². The van der Waals surface area contributed by atoms with Gasteiger partial charge in [-0.3, -0.25) is 9.69 Å². The van der Waals surface area contributed by atoms with Crippen LogP contribution in [0.25, 0.3) is 0 Å². The molecule has 0 aromatic rings. The van der Waals surface area contributed by atoms with Crippen LogP contribution in [-0.4, -0.2) is 49.1 Å². The Morgan fingerprint density at radius 3 is 2.25 bits per heavy atom. The number of piperazine rings is 1. The van der Waals surface area contributed by atoms with Gasteiger partial charge in [0.2, 0.25) is 5.91 Å². The molecule has 2 N–H and O–H groups in total. The zero-order chi connectivity index (χ0) is 12.1. The molecule has 4 heteroatoms. The van der Waals surface area contributed by atoms with E-state index in [1.165, 1.54) is 0 Å². The number of nitrogens with zero attached hydrogens (tertiary/aromatic N) is 1. The standard InChI is InChI=1S/C12H25N3O/c1-9(2)10(3)14-12(16)11(4)15-7-5-13-6-8-15/h9-11,13H,5-8H2,1-4H3,(H,14,16). The average molecular weight is 227 g/mol. The van der Waals surface area contributed by atoms with E-state index in [0.29, 0.717) is 5.92 Å². The highest BCUT2D eigenvalue weighted by atomic mass is 16.2. The Labute approximate surface area is 98.8 Å². The lowest BCUT2D eigenvalue weighted by Crippen LogP contribution is -2.54. The van der Waals surface area contributed by atoms with Gasteiger partial charge >= 0.3 is 0 Å². The van der Waals surface area contributed by atoms with E-state index in [1.807, 2.05) is 6.92 Å². The summed E-state index contributed by atoms with van der Waals surface area (Å²) in [5.74, 6) is 0.641. The van der Waals surface area contributed by atoms with Crippen molar-refractivity contribution in [2.45, 2.75) is 39.8 Å². The fourth-order valence-corrected chi connectivity index (χ4v) is 1.75. The van der Waals surface area contributed by atoms with Crippen LogP contribution in [0.4, 0.5) is 0 Å². The summed E-state index contributed by atoms with van der Waals surface area (Å²) in [6.07, 6.45) is 0. The van der Waals surface area contributed by atoms with Crippen molar-refractivity contribution in [3.05, 3.63) is 0 Å². The maximum Gasteiger partial charge on any atom is 0.237 e. The maximum absolute atomic E-state index is 12.0. The molecule has 0 bridgehead atoms. The van der Waals surface area contributed by atoms with Crippen molar-refractivity contribution in [1.29, 1.82) is 0 Å². The summed E-state index contributed by atoms with van der Waals surface area (Å²) < 4.78 is 0. The first-order chi connectivity index (χ1) is 7.52. The van der Waals surface area contributed by atoms with Gasteiger partial charge in [0.25, 0.3) is 0 Å². The van der Waals surface area contributed by atoms with E-state index in [2.05, 4.69) is 36.3 Å². The molecule has 2 atom stereocenters. The van der Waals surface area contributed by atoms with Gasteiger partial charge in [0, 0.05) is 32.2 Å². The lowest BCUT2D eigenvalue weighted by molar-refractivity contribution is -0.127. The van der Waals surface area contributed by atoms with Crippen LogP contribution < -0.4 is 10.6 Å². The van der Waals surface area contributed by atoms with Crippen LogP contribution >= 0.6 is 0 Å². The molecule has 16 heavy (non-hydrogen) atoms. The number of rotatable bonds is 4. The summed E-state index contributed by atoms with van der Waals surface area (Å²) in [6.45, 7) is 12.2. The van der Waals surface area contributed by atoms with Crippen molar-refractivity contribution in [1.82, 2.24) is 15.5 Å². The first-order valence-electron chi connectivity index (χ1n) is 6.27. The van der Waals surface area contributed by atoms with Crippen LogP contribution in [0.15, 0.2) is 0 Å². The van der Waals surface area contributed by atoms with Crippen LogP contribution in [0.2, 0.25) is 0 Å². The molecule has 0 saturated carbocycles. The van der Waals surface area contributed by atoms with Gasteiger partial charge in [0.05, 0.1) is 6.04 Å². The van der Waals surface area contributed by atoms with Crippen molar-refractivity contribution in [2.24, 2.45) is 5.92 Å². The minimum Gasteiger partial charge on any atom is -0.352 e. The second kappa shape index (κ2) is 6.21. The van der Waals surface area contributed by atoms with Gasteiger partial charge in [-0.05, 0) is 19.8 Å². The second-order valence-corrected chi connectivity index (χ2v) is 5.00. The fraction of sp³-hybridized carbons (Fsp3) is 0.917. The van der Waals surface area contributed by atoms with Crippen LogP contribution in [-0.2, 0) is 4.79 Å². The molecular weight excluding hydrogens is 202 g/mol. The molecule has 1 saturated heterocycles. The van der Waals surface area contributed by atoms with E-state index < -0.39 is 0 Å². The normalized spacial score (nSPS) is 21.8. The molecule has 1 amide bonds. The highest BCUT2D eigenvalue weighted by Crippen LogP contribution is 2.04. The lowest BCUT2D eigenvalue weighted by atomic mass is 10.1. The third-order valence-electron chi connectivity index (χ3n) is 3.45. The Bertz CT molecular complexity index is 224. The Morgan fingerprint density at radius 1 is 1.19 bits per heavy atom. The number of carbonyl (C=O) groups is 1. The zero-order valence-corrected chi connectivity index (χ0v) is 10.9. The topological polar surface area (TPSA) is 44.4 Å². The largest absolute Gasteiger partial charge is 0.352 e. The molecular formula is C12H25N3O. The summed E-state index contributed by atoms with van der Waals surface area (Å²) in [5.41, 5.74) is 0. The summed E-state index contributed by atoms with van der Waals surface area (Å²) in [7, 11) is 0. The first kappa shape index (κ1) is 13.5. The first-order valence-corrected chi connectivity index (χ1v) is 6.27. The van der Waals surface area contributed by atoms with E-state index >= 15 is 0 Å². The van der Waals surface area contributed by atoms with Crippen LogP contribution in [0.3, 0.4) is 0 Å². The Morgan fingerprint density at radius 2 is 1.75 bits per heavy atom. The number of nitrogens with one attached hydrogen (secondary N) is 2. The second-order valence-electron chi connectivity index (χ2n) is 5.00. The molecule has 2 unspecified atom stereocenters. The number of carbonyl (C=O) groups excluding carboxylic acids is 1. The average Bonchev–Trinajstić information content (AvgIpc) is 2.28. The molecule has 4 nitrogen and oxygen atoms in total. The van der Waals surface area contributed by atoms with E-state index in [-0.39, 0.29) is 18.0 Å². The highest BCUT2D eigenvalue weighted by Gasteiger charge is 2.23. The maximum atomic E-state index is 12.0. The highest BCUT2D eigenvalue weighted by molar-refractivity contribution is 5.81. The molecule has 1 aliphatic heterocycles. The molecule has 1 heterocycles. The summed E-state index contributed by atoms with van der Waals surface area (Å²) in [5, 5.41) is 6.37.